The molecule has 0 saturated carbocycles. The third-order valence-corrected chi connectivity index (χ3v) is 4.78. The van der Waals surface area contributed by atoms with Gasteiger partial charge in [0, 0.05) is 14.1 Å². The Morgan fingerprint density at radius 3 is 2.65 bits per heavy atom. The van der Waals surface area contributed by atoms with E-state index in [0.29, 0.717) is 5.76 Å². The van der Waals surface area contributed by atoms with Gasteiger partial charge in [0.2, 0.25) is 10.0 Å². The van der Waals surface area contributed by atoms with Crippen LogP contribution in [-0.2, 0) is 16.6 Å². The maximum absolute atomic E-state index is 13.8. The molecular weight excluding hydrogens is 325 g/mol. The van der Waals surface area contributed by atoms with Crippen LogP contribution >= 0.6 is 0 Å². The first-order chi connectivity index (χ1) is 10.8. The third-order valence-electron chi connectivity index (χ3n) is 2.97. The number of rotatable bonds is 5. The van der Waals surface area contributed by atoms with E-state index in [4.69, 9.17) is 4.42 Å². The van der Waals surface area contributed by atoms with Crippen LogP contribution in [-0.4, -0.2) is 32.8 Å². The third kappa shape index (κ3) is 4.08. The molecule has 0 aliphatic rings. The molecule has 0 spiro atoms. The number of nitrogens with zero attached hydrogens (tertiary/aromatic N) is 1. The van der Waals surface area contributed by atoms with Crippen molar-refractivity contribution in [2.75, 3.05) is 19.4 Å². The maximum atomic E-state index is 13.8. The second kappa shape index (κ2) is 6.80. The molecular formula is C14H16FN3O4S. The van der Waals surface area contributed by atoms with Crippen molar-refractivity contribution in [1.29, 1.82) is 0 Å². The number of hydrogen-bond acceptors (Lipinski definition) is 4. The normalized spacial score (nSPS) is 11.5. The molecule has 9 heteroatoms. The molecule has 0 saturated heterocycles. The number of benzene rings is 1. The lowest BCUT2D eigenvalue weighted by atomic mass is 10.3. The SMILES string of the molecule is CN(C)S(=O)(=O)c1ccc(F)c(NC(=O)NCc2ccco2)c1. The molecule has 0 aliphatic carbocycles. The van der Waals surface area contributed by atoms with E-state index in [1.165, 1.54) is 20.4 Å². The number of carbonyl (C=O) groups excluding carboxylic acids is 1. The fourth-order valence-corrected chi connectivity index (χ4v) is 2.65. The molecule has 7 nitrogen and oxygen atoms in total. The monoisotopic (exact) mass is 341 g/mol. The second-order valence-electron chi connectivity index (χ2n) is 4.82. The highest BCUT2D eigenvalue weighted by Crippen LogP contribution is 2.21. The van der Waals surface area contributed by atoms with Gasteiger partial charge in [-0.25, -0.2) is 21.9 Å². The highest BCUT2D eigenvalue weighted by Gasteiger charge is 2.19. The van der Waals surface area contributed by atoms with Crippen LogP contribution in [0.3, 0.4) is 0 Å². The van der Waals surface area contributed by atoms with Gasteiger partial charge in [-0.15, -0.1) is 0 Å². The number of hydrogen-bond donors (Lipinski definition) is 2. The van der Waals surface area contributed by atoms with E-state index in [9.17, 15) is 17.6 Å². The van der Waals surface area contributed by atoms with E-state index in [2.05, 4.69) is 10.6 Å². The van der Waals surface area contributed by atoms with Crippen LogP contribution in [0.15, 0.2) is 45.9 Å². The summed E-state index contributed by atoms with van der Waals surface area (Å²) in [7, 11) is -0.994. The lowest BCUT2D eigenvalue weighted by Gasteiger charge is -2.13. The van der Waals surface area contributed by atoms with E-state index >= 15 is 0 Å². The molecule has 1 aromatic heterocycles. The Balaban J connectivity index is 2.11. The van der Waals surface area contributed by atoms with E-state index < -0.39 is 21.9 Å². The molecule has 0 atom stereocenters. The van der Waals surface area contributed by atoms with Crippen LogP contribution < -0.4 is 10.6 Å². The van der Waals surface area contributed by atoms with Crippen molar-refractivity contribution < 1.29 is 22.0 Å². The number of sulfonamides is 1. The first-order valence-electron chi connectivity index (χ1n) is 6.60. The predicted molar refractivity (Wildman–Crippen MR) is 81.8 cm³/mol. The Morgan fingerprint density at radius 2 is 2.04 bits per heavy atom. The summed E-state index contributed by atoms with van der Waals surface area (Å²) in [5.41, 5.74) is -0.232. The first kappa shape index (κ1) is 17.0. The minimum atomic E-state index is -3.72. The minimum Gasteiger partial charge on any atom is -0.467 e. The van der Waals surface area contributed by atoms with Gasteiger partial charge in [-0.05, 0) is 30.3 Å². The van der Waals surface area contributed by atoms with Gasteiger partial charge in [0.25, 0.3) is 0 Å². The number of urea groups is 1. The number of amides is 2. The Bertz CT molecular complexity index is 788. The Labute approximate surface area is 133 Å². The first-order valence-corrected chi connectivity index (χ1v) is 8.04. The molecule has 2 rings (SSSR count). The van der Waals surface area contributed by atoms with Gasteiger partial charge in [-0.1, -0.05) is 0 Å². The average molecular weight is 341 g/mol. The fraction of sp³-hybridized carbons (Fsp3) is 0.214. The zero-order valence-corrected chi connectivity index (χ0v) is 13.4. The maximum Gasteiger partial charge on any atom is 0.319 e. The van der Waals surface area contributed by atoms with Gasteiger partial charge in [-0.3, -0.25) is 0 Å². The summed E-state index contributed by atoms with van der Waals surface area (Å²) in [6, 6.07) is 5.85. The zero-order valence-electron chi connectivity index (χ0n) is 12.5. The summed E-state index contributed by atoms with van der Waals surface area (Å²) >= 11 is 0. The molecule has 0 bridgehead atoms. The summed E-state index contributed by atoms with van der Waals surface area (Å²) in [6.07, 6.45) is 1.46. The van der Waals surface area contributed by atoms with Crippen LogP contribution in [0, 0.1) is 5.82 Å². The van der Waals surface area contributed by atoms with Crippen molar-refractivity contribution in [2.45, 2.75) is 11.4 Å². The molecule has 0 radical (unpaired) electrons. The van der Waals surface area contributed by atoms with Crippen molar-refractivity contribution in [3.05, 3.63) is 48.2 Å². The molecule has 2 aromatic rings. The van der Waals surface area contributed by atoms with Crippen molar-refractivity contribution in [2.24, 2.45) is 0 Å². The fourth-order valence-electron chi connectivity index (χ4n) is 1.72. The lowest BCUT2D eigenvalue weighted by Crippen LogP contribution is -2.28. The average Bonchev–Trinajstić information content (AvgIpc) is 3.00. The number of carbonyl (C=O) groups is 1. The molecule has 2 N–H and O–H groups in total. The van der Waals surface area contributed by atoms with Gasteiger partial charge >= 0.3 is 6.03 Å². The predicted octanol–water partition coefficient (Wildman–Crippen LogP) is 1.99. The largest absolute Gasteiger partial charge is 0.467 e. The summed E-state index contributed by atoms with van der Waals surface area (Å²) in [5, 5.41) is 4.75. The smallest absolute Gasteiger partial charge is 0.319 e. The summed E-state index contributed by atoms with van der Waals surface area (Å²) in [4.78, 5) is 11.6. The van der Waals surface area contributed by atoms with E-state index in [0.717, 1.165) is 22.5 Å². The molecule has 124 valence electrons. The highest BCUT2D eigenvalue weighted by molar-refractivity contribution is 7.89. The summed E-state index contributed by atoms with van der Waals surface area (Å²) in [6.45, 7) is 0.121. The van der Waals surface area contributed by atoms with E-state index in [1.807, 2.05) is 0 Å². The van der Waals surface area contributed by atoms with Crippen LogP contribution in [0.1, 0.15) is 5.76 Å². The van der Waals surface area contributed by atoms with Crippen LogP contribution in [0.5, 0.6) is 0 Å². The van der Waals surface area contributed by atoms with Crippen LogP contribution in [0.25, 0.3) is 0 Å². The topological polar surface area (TPSA) is 91.7 Å². The van der Waals surface area contributed by atoms with E-state index in [-0.39, 0.29) is 17.1 Å². The molecule has 1 heterocycles. The number of nitrogens with one attached hydrogen (secondary N) is 2. The Hall–Kier alpha value is -2.39. The number of anilines is 1. The molecule has 0 fully saturated rings. The lowest BCUT2D eigenvalue weighted by molar-refractivity contribution is 0.250. The van der Waals surface area contributed by atoms with Gasteiger partial charge < -0.3 is 15.1 Å². The van der Waals surface area contributed by atoms with Crippen molar-refractivity contribution in [3.63, 3.8) is 0 Å². The Morgan fingerprint density at radius 1 is 1.30 bits per heavy atom. The van der Waals surface area contributed by atoms with Crippen molar-refractivity contribution in [1.82, 2.24) is 9.62 Å². The number of halogens is 1. The molecule has 0 unspecified atom stereocenters. The number of furan rings is 1. The van der Waals surface area contributed by atoms with Gasteiger partial charge in [0.1, 0.15) is 11.6 Å². The van der Waals surface area contributed by atoms with Gasteiger partial charge in [0.15, 0.2) is 0 Å². The quantitative estimate of drug-likeness (QED) is 0.870. The molecule has 1 aromatic carbocycles. The highest BCUT2D eigenvalue weighted by atomic mass is 32.2. The van der Waals surface area contributed by atoms with Gasteiger partial charge in [0.05, 0.1) is 23.4 Å². The van der Waals surface area contributed by atoms with Crippen molar-refractivity contribution >= 4 is 21.7 Å². The standard InChI is InChI=1S/C14H16FN3O4S/c1-18(2)23(20,21)11-5-6-12(15)13(8-11)17-14(19)16-9-10-4-3-7-22-10/h3-8H,9H2,1-2H3,(H2,16,17,19). The molecule has 2 amide bonds. The van der Waals surface area contributed by atoms with Crippen molar-refractivity contribution in [3.8, 4) is 0 Å². The van der Waals surface area contributed by atoms with Crippen LogP contribution in [0.4, 0.5) is 14.9 Å². The molecule has 0 aliphatic heterocycles. The molecule has 23 heavy (non-hydrogen) atoms. The van der Waals surface area contributed by atoms with E-state index in [1.54, 1.807) is 12.1 Å². The minimum absolute atomic E-state index is 0.120. The summed E-state index contributed by atoms with van der Waals surface area (Å²) < 4.78 is 43.9. The van der Waals surface area contributed by atoms with Gasteiger partial charge in [-0.2, -0.15) is 0 Å². The second-order valence-corrected chi connectivity index (χ2v) is 6.97. The van der Waals surface area contributed by atoms with Crippen LogP contribution in [0.2, 0.25) is 0 Å². The summed E-state index contributed by atoms with van der Waals surface area (Å²) in [5.74, 6) is -0.208. The Kier molecular flexibility index (Phi) is 5.02. The zero-order chi connectivity index (χ0) is 17.0.